The van der Waals surface area contributed by atoms with Crippen LogP contribution in [0.15, 0.2) is 30.3 Å². The Balaban J connectivity index is 2.59. The molecule has 0 atom stereocenters. The minimum Gasteiger partial charge on any atom is -0.423 e. The minimum atomic E-state index is 0.945. The summed E-state index contributed by atoms with van der Waals surface area (Å²) >= 11 is 0. The highest BCUT2D eigenvalue weighted by atomic mass is 16.7. The quantitative estimate of drug-likeness (QED) is 0.548. The Labute approximate surface area is 62.0 Å². The number of benzene rings is 1. The van der Waals surface area contributed by atoms with Gasteiger partial charge in [-0.15, -0.1) is 0 Å². The molecule has 0 saturated carbocycles. The molecule has 0 radical (unpaired) electrons. The van der Waals surface area contributed by atoms with Crippen LogP contribution in [0.5, 0.6) is 0 Å². The summed E-state index contributed by atoms with van der Waals surface area (Å²) in [5.74, 6) is 0. The van der Waals surface area contributed by atoms with Gasteiger partial charge in [0.2, 0.25) is 0 Å². The van der Waals surface area contributed by atoms with Crippen molar-refractivity contribution >= 4 is 0 Å². The van der Waals surface area contributed by atoms with Gasteiger partial charge in [-0.2, -0.15) is 0 Å². The van der Waals surface area contributed by atoms with E-state index in [9.17, 15) is 0 Å². The molecule has 0 aliphatic carbocycles. The molecule has 1 nitrogen and oxygen atoms in total. The van der Waals surface area contributed by atoms with Crippen LogP contribution in [0.3, 0.4) is 0 Å². The summed E-state index contributed by atoms with van der Waals surface area (Å²) < 4.78 is 2.86. The Kier molecular flexibility index (Phi) is 2.46. The highest BCUT2D eigenvalue weighted by Crippen LogP contribution is 2.02. The van der Waals surface area contributed by atoms with Crippen molar-refractivity contribution in [3.63, 3.8) is 0 Å². The van der Waals surface area contributed by atoms with Gasteiger partial charge in [0.25, 0.3) is 0 Å². The second-order valence-electron chi connectivity index (χ2n) is 2.62. The molecule has 0 aromatic heterocycles. The fourth-order valence-corrected chi connectivity index (χ4v) is 0.908. The predicted octanol–water partition coefficient (Wildman–Crippen LogP) is 2.00. The van der Waals surface area contributed by atoms with E-state index in [0.29, 0.717) is 0 Å². The maximum atomic E-state index is 2.86. The van der Waals surface area contributed by atoms with Gasteiger partial charge in [-0.3, -0.25) is 0 Å². The van der Waals surface area contributed by atoms with E-state index in [4.69, 9.17) is 0 Å². The summed E-state index contributed by atoms with van der Waals surface area (Å²) in [7, 11) is 3.99. The van der Waals surface area contributed by atoms with Gasteiger partial charge in [-0.1, -0.05) is 30.3 Å². The van der Waals surface area contributed by atoms with E-state index in [-0.39, 0.29) is 0 Å². The SMILES string of the molecule is C[O+](C)Cc1ccccc1. The fraction of sp³-hybridized carbons (Fsp3) is 0.333. The van der Waals surface area contributed by atoms with E-state index in [1.165, 1.54) is 5.56 Å². The van der Waals surface area contributed by atoms with Crippen LogP contribution in [0, 0.1) is 0 Å². The Morgan fingerprint density at radius 2 is 1.70 bits per heavy atom. The predicted molar refractivity (Wildman–Crippen MR) is 43.1 cm³/mol. The van der Waals surface area contributed by atoms with Crippen molar-refractivity contribution in [1.82, 2.24) is 0 Å². The van der Waals surface area contributed by atoms with Crippen LogP contribution in [-0.4, -0.2) is 14.2 Å². The smallest absolute Gasteiger partial charge is 0.171 e. The van der Waals surface area contributed by atoms with Crippen LogP contribution >= 0.6 is 0 Å². The molecule has 1 rings (SSSR count). The summed E-state index contributed by atoms with van der Waals surface area (Å²) in [6.07, 6.45) is 0. The lowest BCUT2D eigenvalue weighted by atomic mass is 10.2. The molecule has 0 saturated heterocycles. The molecule has 0 N–H and O–H groups in total. The standard InChI is InChI=1S/C9H13O/c1-10(2)8-9-6-4-3-5-7-9/h3-7H,8H2,1-2H3/q+1. The molecule has 1 aromatic carbocycles. The molecule has 1 heteroatoms. The Bertz CT molecular complexity index is 179. The van der Waals surface area contributed by atoms with Gasteiger partial charge in [0, 0.05) is 5.56 Å². The Morgan fingerprint density at radius 1 is 1.10 bits per heavy atom. The van der Waals surface area contributed by atoms with E-state index in [1.807, 2.05) is 20.3 Å². The lowest BCUT2D eigenvalue weighted by molar-refractivity contribution is -0.0690. The molecule has 10 heavy (non-hydrogen) atoms. The van der Waals surface area contributed by atoms with E-state index < -0.39 is 0 Å². The lowest BCUT2D eigenvalue weighted by Gasteiger charge is -2.05. The number of hydrogen-bond donors (Lipinski definition) is 0. The van der Waals surface area contributed by atoms with Crippen molar-refractivity contribution in [3.05, 3.63) is 35.9 Å². The summed E-state index contributed by atoms with van der Waals surface area (Å²) in [5, 5.41) is 0. The summed E-state index contributed by atoms with van der Waals surface area (Å²) in [4.78, 5) is 0. The first-order valence-corrected chi connectivity index (χ1v) is 3.37. The summed E-state index contributed by atoms with van der Waals surface area (Å²) in [6, 6.07) is 10.4. The van der Waals surface area contributed by atoms with Crippen LogP contribution in [0.2, 0.25) is 0 Å². The highest BCUT2D eigenvalue weighted by molar-refractivity contribution is 5.13. The Morgan fingerprint density at radius 3 is 2.20 bits per heavy atom. The van der Waals surface area contributed by atoms with Crippen molar-refractivity contribution in [2.24, 2.45) is 0 Å². The molecular weight excluding hydrogens is 124 g/mol. The maximum Gasteiger partial charge on any atom is 0.171 e. The van der Waals surface area contributed by atoms with Crippen molar-refractivity contribution in [2.45, 2.75) is 6.61 Å². The fourth-order valence-electron chi connectivity index (χ4n) is 0.908. The van der Waals surface area contributed by atoms with E-state index in [2.05, 4.69) is 28.6 Å². The van der Waals surface area contributed by atoms with Crippen molar-refractivity contribution in [1.29, 1.82) is 0 Å². The lowest BCUT2D eigenvalue weighted by Crippen LogP contribution is -2.00. The van der Waals surface area contributed by atoms with Gasteiger partial charge < -0.3 is 4.37 Å². The van der Waals surface area contributed by atoms with Gasteiger partial charge in [-0.25, -0.2) is 0 Å². The molecule has 0 aliphatic heterocycles. The first-order chi connectivity index (χ1) is 4.79. The van der Waals surface area contributed by atoms with Crippen molar-refractivity contribution in [2.75, 3.05) is 14.2 Å². The molecule has 0 aliphatic rings. The first kappa shape index (κ1) is 7.29. The van der Waals surface area contributed by atoms with E-state index in [0.717, 1.165) is 6.61 Å². The number of rotatable bonds is 2. The third-order valence-corrected chi connectivity index (χ3v) is 1.30. The monoisotopic (exact) mass is 137 g/mol. The molecule has 54 valence electrons. The topological polar surface area (TPSA) is 2.70 Å². The zero-order valence-corrected chi connectivity index (χ0v) is 6.50. The van der Waals surface area contributed by atoms with Gasteiger partial charge >= 0.3 is 0 Å². The van der Waals surface area contributed by atoms with E-state index >= 15 is 0 Å². The van der Waals surface area contributed by atoms with Crippen LogP contribution in [0.4, 0.5) is 0 Å². The molecule has 0 bridgehead atoms. The van der Waals surface area contributed by atoms with Gasteiger partial charge in [-0.05, 0) is 0 Å². The van der Waals surface area contributed by atoms with Crippen LogP contribution in [0.1, 0.15) is 5.56 Å². The second-order valence-corrected chi connectivity index (χ2v) is 2.62. The molecule has 0 unspecified atom stereocenters. The molecular formula is C9H13O+. The average molecular weight is 137 g/mol. The van der Waals surface area contributed by atoms with Crippen LogP contribution < -0.4 is 0 Å². The zero-order valence-electron chi connectivity index (χ0n) is 6.50. The zero-order chi connectivity index (χ0) is 7.40. The van der Waals surface area contributed by atoms with Gasteiger partial charge in [0.1, 0.15) is 14.2 Å². The third-order valence-electron chi connectivity index (χ3n) is 1.30. The average Bonchev–Trinajstić information content (AvgIpc) is 1.88. The molecule has 1 aromatic rings. The third kappa shape index (κ3) is 2.19. The molecule has 0 fully saturated rings. The van der Waals surface area contributed by atoms with Crippen LogP contribution in [-0.2, 0) is 11.0 Å². The maximum absolute atomic E-state index is 2.86. The summed E-state index contributed by atoms with van der Waals surface area (Å²) in [5.41, 5.74) is 1.33. The Hall–Kier alpha value is -0.820. The molecule has 0 heterocycles. The molecule has 0 spiro atoms. The highest BCUT2D eigenvalue weighted by Gasteiger charge is 1.95. The van der Waals surface area contributed by atoms with Crippen LogP contribution in [0.25, 0.3) is 0 Å². The van der Waals surface area contributed by atoms with Crippen molar-refractivity contribution < 1.29 is 4.37 Å². The normalized spacial score (nSPS) is 10.3. The van der Waals surface area contributed by atoms with Gasteiger partial charge in [0.15, 0.2) is 6.61 Å². The summed E-state index contributed by atoms with van der Waals surface area (Å²) in [6.45, 7) is 0.945. The second kappa shape index (κ2) is 3.37. The molecule has 0 amide bonds. The largest absolute Gasteiger partial charge is 0.423 e. The minimum absolute atomic E-state index is 0.945. The van der Waals surface area contributed by atoms with Crippen molar-refractivity contribution in [3.8, 4) is 0 Å². The number of hydrogen-bond acceptors (Lipinski definition) is 0. The first-order valence-electron chi connectivity index (χ1n) is 3.37. The van der Waals surface area contributed by atoms with Gasteiger partial charge in [0.05, 0.1) is 0 Å². The van der Waals surface area contributed by atoms with E-state index in [1.54, 1.807) is 0 Å².